The van der Waals surface area contributed by atoms with Gasteiger partial charge in [0.25, 0.3) is 5.91 Å². The topological polar surface area (TPSA) is 97.1 Å². The molecule has 1 fully saturated rings. The van der Waals surface area contributed by atoms with Gasteiger partial charge in [-0.2, -0.15) is 5.10 Å². The molecule has 2 amide bonds. The second-order valence-electron chi connectivity index (χ2n) is 10.2. The Hall–Kier alpha value is -4.79. The second kappa shape index (κ2) is 12.2. The summed E-state index contributed by atoms with van der Waals surface area (Å²) in [6.07, 6.45) is 6.59. The molecule has 0 bridgehead atoms. The fourth-order valence-corrected chi connectivity index (χ4v) is 5.16. The maximum absolute atomic E-state index is 13.9. The molecular weight excluding hydrogens is 518 g/mol. The van der Waals surface area contributed by atoms with Crippen LogP contribution in [0.4, 0.5) is 11.4 Å². The fourth-order valence-electron chi connectivity index (χ4n) is 5.16. The zero-order valence-electron chi connectivity index (χ0n) is 23.4. The molecule has 1 aromatic heterocycles. The highest BCUT2D eigenvalue weighted by molar-refractivity contribution is 6.08. The van der Waals surface area contributed by atoms with Gasteiger partial charge in [-0.05, 0) is 80.3 Å². The minimum absolute atomic E-state index is 0.0116. The molecule has 2 aliphatic heterocycles. The molecule has 9 heteroatoms. The molecule has 0 radical (unpaired) electrons. The van der Waals surface area contributed by atoms with Gasteiger partial charge in [0.2, 0.25) is 5.91 Å². The zero-order valence-corrected chi connectivity index (χ0v) is 23.4. The molecule has 5 rings (SSSR count). The van der Waals surface area contributed by atoms with Crippen molar-refractivity contribution < 1.29 is 14.3 Å². The zero-order chi connectivity index (χ0) is 28.9. The minimum atomic E-state index is -0.237. The van der Waals surface area contributed by atoms with Gasteiger partial charge >= 0.3 is 0 Å². The molecule has 0 aliphatic carbocycles. The Morgan fingerprint density at radius 1 is 0.951 bits per heavy atom. The van der Waals surface area contributed by atoms with Crippen molar-refractivity contribution in [3.8, 4) is 0 Å². The molecule has 3 aromatic rings. The number of hydrogen-bond acceptors (Lipinski definition) is 6. The van der Waals surface area contributed by atoms with Crippen LogP contribution in [0.15, 0.2) is 84.3 Å². The lowest BCUT2D eigenvalue weighted by Gasteiger charge is -2.30. The SMILES string of the molecule is C=C(N=O)c1nn(/C(C)=C/C=C(\C)OCc2ccccc2)c2c1CCN(c1ccc(N3CCCCC3=O)cc1)C2=O. The van der Waals surface area contributed by atoms with Gasteiger partial charge in [-0.15, -0.1) is 4.91 Å². The van der Waals surface area contributed by atoms with E-state index in [4.69, 9.17) is 4.74 Å². The maximum atomic E-state index is 13.9. The lowest BCUT2D eigenvalue weighted by Crippen LogP contribution is -2.39. The molecule has 0 N–H and O–H groups in total. The molecule has 210 valence electrons. The number of carbonyl (C=O) groups is 2. The van der Waals surface area contributed by atoms with Gasteiger partial charge in [-0.3, -0.25) is 9.59 Å². The van der Waals surface area contributed by atoms with Crippen molar-refractivity contribution in [3.05, 3.63) is 107 Å². The van der Waals surface area contributed by atoms with Crippen molar-refractivity contribution >= 4 is 34.6 Å². The normalized spacial score (nSPS) is 16.0. The van der Waals surface area contributed by atoms with Gasteiger partial charge in [0.15, 0.2) is 0 Å². The Balaban J connectivity index is 1.41. The van der Waals surface area contributed by atoms with Crippen LogP contribution in [0, 0.1) is 4.91 Å². The van der Waals surface area contributed by atoms with Crippen molar-refractivity contribution in [1.29, 1.82) is 0 Å². The lowest BCUT2D eigenvalue weighted by atomic mass is 10.0. The first kappa shape index (κ1) is 27.8. The van der Waals surface area contributed by atoms with Gasteiger partial charge in [0.05, 0.1) is 5.76 Å². The quantitative estimate of drug-likeness (QED) is 0.176. The van der Waals surface area contributed by atoms with E-state index in [2.05, 4.69) is 16.9 Å². The van der Waals surface area contributed by atoms with Crippen molar-refractivity contribution in [2.75, 3.05) is 22.9 Å². The average Bonchev–Trinajstić information content (AvgIpc) is 3.40. The predicted molar refractivity (Wildman–Crippen MR) is 160 cm³/mol. The third-order valence-corrected chi connectivity index (χ3v) is 7.40. The standard InChI is InChI=1S/C32H33N5O4/c1-22(12-13-23(2)41-21-25-9-5-4-6-10-25)37-31-28(30(33-37)24(3)34-40)18-20-36(32(31)39)27-16-14-26(15-17-27)35-19-8-7-11-29(35)38/h4-6,9-10,12-17H,3,7-8,11,18-21H2,1-2H3/b22-12+,23-13+. The number of piperidine rings is 1. The fraction of sp³-hybridized carbons (Fsp3) is 0.281. The van der Waals surface area contributed by atoms with E-state index in [-0.39, 0.29) is 17.5 Å². The van der Waals surface area contributed by atoms with Crippen molar-refractivity contribution in [2.45, 2.75) is 46.1 Å². The van der Waals surface area contributed by atoms with Gasteiger partial charge in [-0.25, -0.2) is 4.68 Å². The summed E-state index contributed by atoms with van der Waals surface area (Å²) in [5.41, 5.74) is 4.63. The van der Waals surface area contributed by atoms with Gasteiger partial charge in [0, 0.05) is 42.1 Å². The third kappa shape index (κ3) is 5.89. The first-order chi connectivity index (χ1) is 19.9. The summed E-state index contributed by atoms with van der Waals surface area (Å²) in [5, 5.41) is 7.59. The number of amides is 2. The van der Waals surface area contributed by atoms with E-state index in [0.717, 1.165) is 29.8 Å². The first-order valence-corrected chi connectivity index (χ1v) is 13.8. The van der Waals surface area contributed by atoms with Crippen LogP contribution in [-0.4, -0.2) is 34.7 Å². The van der Waals surface area contributed by atoms with Crippen molar-refractivity contribution in [2.24, 2.45) is 5.18 Å². The average molecular weight is 552 g/mol. The molecule has 0 atom stereocenters. The number of rotatable bonds is 9. The number of carbonyl (C=O) groups excluding carboxylic acids is 2. The van der Waals surface area contributed by atoms with E-state index in [9.17, 15) is 14.5 Å². The van der Waals surface area contributed by atoms with Crippen molar-refractivity contribution in [3.63, 3.8) is 0 Å². The summed E-state index contributed by atoms with van der Waals surface area (Å²) in [6, 6.07) is 17.4. The highest BCUT2D eigenvalue weighted by atomic mass is 16.5. The lowest BCUT2D eigenvalue weighted by molar-refractivity contribution is -0.119. The van der Waals surface area contributed by atoms with Crippen LogP contribution in [0.5, 0.6) is 0 Å². The van der Waals surface area contributed by atoms with Gasteiger partial charge < -0.3 is 14.5 Å². The number of hydrogen-bond donors (Lipinski definition) is 0. The predicted octanol–water partition coefficient (Wildman–Crippen LogP) is 6.32. The van der Waals surface area contributed by atoms with Gasteiger partial charge in [-0.1, -0.05) is 36.9 Å². The molecule has 0 saturated carbocycles. The first-order valence-electron chi connectivity index (χ1n) is 13.8. The Morgan fingerprint density at radius 3 is 2.34 bits per heavy atom. The molecule has 2 aromatic carbocycles. The number of ether oxygens (including phenoxy) is 1. The number of fused-ring (bicyclic) bond motifs is 1. The molecule has 41 heavy (non-hydrogen) atoms. The minimum Gasteiger partial charge on any atom is -0.494 e. The Bertz CT molecular complexity index is 1540. The summed E-state index contributed by atoms with van der Waals surface area (Å²) >= 11 is 0. The van der Waals surface area contributed by atoms with E-state index < -0.39 is 0 Å². The van der Waals surface area contributed by atoms with Crippen LogP contribution in [0.25, 0.3) is 11.4 Å². The highest BCUT2D eigenvalue weighted by Crippen LogP contribution is 2.32. The largest absolute Gasteiger partial charge is 0.494 e. The Labute approximate surface area is 239 Å². The molecule has 0 unspecified atom stereocenters. The third-order valence-electron chi connectivity index (χ3n) is 7.40. The second-order valence-corrected chi connectivity index (χ2v) is 10.2. The van der Waals surface area contributed by atoms with E-state index in [0.29, 0.717) is 60.9 Å². The van der Waals surface area contributed by atoms with Crippen LogP contribution in [0.1, 0.15) is 60.4 Å². The summed E-state index contributed by atoms with van der Waals surface area (Å²) in [5.74, 6) is 0.591. The van der Waals surface area contributed by atoms with Gasteiger partial charge in [0.1, 0.15) is 23.7 Å². The van der Waals surface area contributed by atoms with E-state index in [1.165, 1.54) is 0 Å². The highest BCUT2D eigenvalue weighted by Gasteiger charge is 2.34. The van der Waals surface area contributed by atoms with Crippen LogP contribution in [-0.2, 0) is 22.6 Å². The summed E-state index contributed by atoms with van der Waals surface area (Å²) in [7, 11) is 0. The van der Waals surface area contributed by atoms with Crippen molar-refractivity contribution in [1.82, 2.24) is 9.78 Å². The summed E-state index contributed by atoms with van der Waals surface area (Å²) in [4.78, 5) is 41.1. The van der Waals surface area contributed by atoms with Crippen LogP contribution in [0.3, 0.4) is 0 Å². The molecular formula is C32H33N5O4. The summed E-state index contributed by atoms with van der Waals surface area (Å²) < 4.78 is 7.41. The molecule has 1 saturated heterocycles. The summed E-state index contributed by atoms with van der Waals surface area (Å²) in [6.45, 7) is 9.01. The van der Waals surface area contributed by atoms with Crippen LogP contribution < -0.4 is 9.80 Å². The molecule has 3 heterocycles. The van der Waals surface area contributed by atoms with E-state index in [1.54, 1.807) is 14.5 Å². The molecule has 9 nitrogen and oxygen atoms in total. The van der Waals surface area contributed by atoms with Crippen LogP contribution in [0.2, 0.25) is 0 Å². The number of nitrogens with zero attached hydrogens (tertiary/aromatic N) is 5. The number of nitroso groups, excluding NO2 is 1. The smallest absolute Gasteiger partial charge is 0.277 e. The molecule has 0 spiro atoms. The maximum Gasteiger partial charge on any atom is 0.277 e. The van der Waals surface area contributed by atoms with E-state index in [1.807, 2.05) is 80.6 Å². The number of anilines is 2. The monoisotopic (exact) mass is 551 g/mol. The Morgan fingerprint density at radius 2 is 1.66 bits per heavy atom. The van der Waals surface area contributed by atoms with E-state index >= 15 is 0 Å². The number of benzene rings is 2. The molecule has 2 aliphatic rings. The van der Waals surface area contributed by atoms with Crippen LogP contribution >= 0.6 is 0 Å². The number of aromatic nitrogens is 2. The number of allylic oxidation sites excluding steroid dienone is 4. The Kier molecular flexibility index (Phi) is 8.24.